The van der Waals surface area contributed by atoms with Gasteiger partial charge in [-0.2, -0.15) is 17.5 Å². The van der Waals surface area contributed by atoms with E-state index in [9.17, 15) is 21.6 Å². The Morgan fingerprint density at radius 1 is 1.12 bits per heavy atom. The highest BCUT2D eigenvalue weighted by atomic mass is 32.2. The van der Waals surface area contributed by atoms with Crippen molar-refractivity contribution in [2.75, 3.05) is 39.0 Å². The maximum atomic E-state index is 13.4. The smallest absolute Gasteiger partial charge is 0.395 e. The van der Waals surface area contributed by atoms with Crippen LogP contribution in [-0.4, -0.2) is 68.9 Å². The molecule has 1 aromatic rings. The zero-order chi connectivity index (χ0) is 23.0. The summed E-state index contributed by atoms with van der Waals surface area (Å²) in [5, 5.41) is 0. The van der Waals surface area contributed by atoms with Crippen molar-refractivity contribution in [2.24, 2.45) is 5.41 Å². The second kappa shape index (κ2) is 8.99. The van der Waals surface area contributed by atoms with Gasteiger partial charge in [-0.1, -0.05) is 24.6 Å². The Morgan fingerprint density at radius 3 is 2.41 bits per heavy atom. The first-order valence-electron chi connectivity index (χ1n) is 11.3. The summed E-state index contributed by atoms with van der Waals surface area (Å²) < 4.78 is 70.9. The first-order chi connectivity index (χ1) is 15.1. The average Bonchev–Trinajstić information content (AvgIpc) is 3.54. The van der Waals surface area contributed by atoms with Crippen LogP contribution in [0.5, 0.6) is 5.75 Å². The molecule has 1 saturated carbocycles. The molecule has 32 heavy (non-hydrogen) atoms. The molecule has 1 unspecified atom stereocenters. The van der Waals surface area contributed by atoms with Crippen molar-refractivity contribution in [3.8, 4) is 5.75 Å². The predicted molar refractivity (Wildman–Crippen MR) is 118 cm³/mol. The summed E-state index contributed by atoms with van der Waals surface area (Å²) in [6, 6.07) is 7.68. The molecule has 5 nitrogen and oxygen atoms in total. The topological polar surface area (TPSA) is 49.9 Å². The summed E-state index contributed by atoms with van der Waals surface area (Å²) in [7, 11) is -3.17. The van der Waals surface area contributed by atoms with E-state index in [1.165, 1.54) is 10.6 Å². The monoisotopic (exact) mass is 472 g/mol. The van der Waals surface area contributed by atoms with Gasteiger partial charge in [0.05, 0.1) is 11.7 Å². The minimum Gasteiger partial charge on any atom is -0.492 e. The maximum Gasteiger partial charge on any atom is 0.395 e. The van der Waals surface area contributed by atoms with Crippen LogP contribution in [0.15, 0.2) is 30.3 Å². The number of hydrogen-bond acceptors (Lipinski definition) is 4. The van der Waals surface area contributed by atoms with Gasteiger partial charge < -0.3 is 4.74 Å². The van der Waals surface area contributed by atoms with Gasteiger partial charge in [0.15, 0.2) is 0 Å². The third-order valence-electron chi connectivity index (χ3n) is 7.02. The molecule has 0 spiro atoms. The van der Waals surface area contributed by atoms with Gasteiger partial charge in [0.25, 0.3) is 0 Å². The van der Waals surface area contributed by atoms with Crippen molar-refractivity contribution in [3.63, 3.8) is 0 Å². The predicted octanol–water partition coefficient (Wildman–Crippen LogP) is 4.31. The van der Waals surface area contributed by atoms with Crippen molar-refractivity contribution in [1.29, 1.82) is 0 Å². The molecule has 2 fully saturated rings. The lowest BCUT2D eigenvalue weighted by molar-refractivity contribution is -0.194. The first kappa shape index (κ1) is 23.6. The highest BCUT2D eigenvalue weighted by Gasteiger charge is 2.63. The van der Waals surface area contributed by atoms with Crippen molar-refractivity contribution >= 4 is 15.6 Å². The fourth-order valence-electron chi connectivity index (χ4n) is 4.70. The highest BCUT2D eigenvalue weighted by molar-refractivity contribution is 7.88. The molecule has 9 heteroatoms. The molecule has 178 valence electrons. The van der Waals surface area contributed by atoms with E-state index in [1.54, 1.807) is 0 Å². The van der Waals surface area contributed by atoms with Crippen LogP contribution in [0.2, 0.25) is 0 Å². The summed E-state index contributed by atoms with van der Waals surface area (Å²) >= 11 is 0. The molecule has 4 rings (SSSR count). The van der Waals surface area contributed by atoms with E-state index in [4.69, 9.17) is 4.74 Å². The summed E-state index contributed by atoms with van der Waals surface area (Å²) in [6.07, 6.45) is 2.97. The SMILES string of the molecule is CS(=O)(=O)N1CC=C(c2ccc(OCC3CCCCN3CC3(C(F)(F)F)CC3)cc2)CC1. The quantitative estimate of drug-likeness (QED) is 0.594. The molecule has 0 N–H and O–H groups in total. The number of piperidine rings is 1. The Bertz CT molecular complexity index is 940. The number of sulfonamides is 1. The maximum absolute atomic E-state index is 13.4. The van der Waals surface area contributed by atoms with Gasteiger partial charge in [-0.3, -0.25) is 4.90 Å². The largest absolute Gasteiger partial charge is 0.492 e. The van der Waals surface area contributed by atoms with Gasteiger partial charge in [-0.15, -0.1) is 0 Å². The van der Waals surface area contributed by atoms with E-state index in [0.29, 0.717) is 38.4 Å². The molecule has 3 aliphatic rings. The molecular weight excluding hydrogens is 441 g/mol. The van der Waals surface area contributed by atoms with Crippen LogP contribution < -0.4 is 4.74 Å². The van der Waals surface area contributed by atoms with Gasteiger partial charge >= 0.3 is 6.18 Å². The number of likely N-dealkylation sites (tertiary alicyclic amines) is 1. The zero-order valence-corrected chi connectivity index (χ0v) is 19.2. The van der Waals surface area contributed by atoms with Gasteiger partial charge in [-0.25, -0.2) is 8.42 Å². The molecule has 0 bridgehead atoms. The molecule has 0 aromatic heterocycles. The summed E-state index contributed by atoms with van der Waals surface area (Å²) in [5.41, 5.74) is 0.632. The number of nitrogens with zero attached hydrogens (tertiary/aromatic N) is 2. The van der Waals surface area contributed by atoms with Crippen molar-refractivity contribution in [2.45, 2.75) is 50.7 Å². The fourth-order valence-corrected chi connectivity index (χ4v) is 5.47. The second-order valence-corrected chi connectivity index (χ2v) is 11.3. The van der Waals surface area contributed by atoms with E-state index in [2.05, 4.69) is 0 Å². The zero-order valence-electron chi connectivity index (χ0n) is 18.4. The Morgan fingerprint density at radius 2 is 1.84 bits per heavy atom. The third-order valence-corrected chi connectivity index (χ3v) is 8.29. The van der Waals surface area contributed by atoms with Crippen LogP contribution in [0.4, 0.5) is 13.2 Å². The lowest BCUT2D eigenvalue weighted by Gasteiger charge is -2.38. The van der Waals surface area contributed by atoms with Crippen molar-refractivity contribution in [1.82, 2.24) is 9.21 Å². The standard InChI is InChI=1S/C23H31F3N2O3S/c1-32(29,30)28-14-9-19(10-15-28)18-5-7-21(8-6-18)31-16-20-4-2-3-13-27(20)17-22(11-12-22)23(24,25)26/h5-9,20H,2-4,10-17H2,1H3. The lowest BCUT2D eigenvalue weighted by atomic mass is 9.98. The Labute approximate surface area is 188 Å². The minimum absolute atomic E-state index is 0.00581. The second-order valence-electron chi connectivity index (χ2n) is 9.33. The molecule has 0 amide bonds. The molecule has 2 aliphatic heterocycles. The summed E-state index contributed by atoms with van der Waals surface area (Å²) in [5.74, 6) is 0.699. The summed E-state index contributed by atoms with van der Waals surface area (Å²) in [6.45, 7) is 2.02. The van der Waals surface area contributed by atoms with Crippen LogP contribution in [0.1, 0.15) is 44.1 Å². The molecule has 2 heterocycles. The number of rotatable bonds is 7. The average molecular weight is 473 g/mol. The lowest BCUT2D eigenvalue weighted by Crippen LogP contribution is -2.48. The van der Waals surface area contributed by atoms with Gasteiger partial charge in [-0.05, 0) is 61.9 Å². The number of ether oxygens (including phenoxy) is 1. The van der Waals surface area contributed by atoms with Crippen LogP contribution in [-0.2, 0) is 10.0 Å². The molecular formula is C23H31F3N2O3S. The van der Waals surface area contributed by atoms with Crippen LogP contribution in [0.25, 0.3) is 5.57 Å². The van der Waals surface area contributed by atoms with Crippen LogP contribution >= 0.6 is 0 Å². The molecule has 1 aromatic carbocycles. The summed E-state index contributed by atoms with van der Waals surface area (Å²) in [4.78, 5) is 1.98. The van der Waals surface area contributed by atoms with E-state index in [1.807, 2.05) is 35.2 Å². The Balaban J connectivity index is 1.33. The molecule has 1 atom stereocenters. The third kappa shape index (κ3) is 5.31. The fraction of sp³-hybridized carbons (Fsp3) is 0.652. The van der Waals surface area contributed by atoms with Crippen molar-refractivity contribution < 1.29 is 26.3 Å². The molecule has 0 radical (unpaired) electrons. The molecule has 1 aliphatic carbocycles. The Kier molecular flexibility index (Phi) is 6.62. The van der Waals surface area contributed by atoms with E-state index >= 15 is 0 Å². The van der Waals surface area contributed by atoms with E-state index < -0.39 is 21.6 Å². The van der Waals surface area contributed by atoms with Gasteiger partial charge in [0.1, 0.15) is 12.4 Å². The highest BCUT2D eigenvalue weighted by Crippen LogP contribution is 2.58. The van der Waals surface area contributed by atoms with Gasteiger partial charge in [0.2, 0.25) is 10.0 Å². The number of alkyl halides is 3. The first-order valence-corrected chi connectivity index (χ1v) is 13.1. The van der Waals surface area contributed by atoms with Crippen LogP contribution in [0, 0.1) is 5.41 Å². The van der Waals surface area contributed by atoms with Crippen LogP contribution in [0.3, 0.4) is 0 Å². The Hall–Kier alpha value is -1.58. The van der Waals surface area contributed by atoms with E-state index in [-0.39, 0.29) is 25.4 Å². The van der Waals surface area contributed by atoms with Gasteiger partial charge in [0, 0.05) is 25.7 Å². The van der Waals surface area contributed by atoms with Crippen molar-refractivity contribution in [3.05, 3.63) is 35.9 Å². The number of halogens is 3. The van der Waals surface area contributed by atoms with E-state index in [0.717, 1.165) is 30.4 Å². The number of benzene rings is 1. The number of hydrogen-bond donors (Lipinski definition) is 0. The minimum atomic E-state index is -4.13. The molecule has 1 saturated heterocycles. The normalized spacial score (nSPS) is 24.8.